The molecule has 5 nitrogen and oxygen atoms in total. The zero-order chi connectivity index (χ0) is 15.1. The van der Waals surface area contributed by atoms with Crippen molar-refractivity contribution < 1.29 is 14.3 Å². The normalized spacial score (nSPS) is 11.9. The Hall–Kier alpha value is -2.43. The van der Waals surface area contributed by atoms with Gasteiger partial charge in [0.2, 0.25) is 0 Å². The van der Waals surface area contributed by atoms with Gasteiger partial charge in [-0.2, -0.15) is 5.10 Å². The monoisotopic (exact) mass is 286 g/mol. The lowest BCUT2D eigenvalue weighted by molar-refractivity contribution is -0.152. The highest BCUT2D eigenvalue weighted by Gasteiger charge is 2.22. The standard InChI is InChI=1S/C16H18N2O3/c1-13(15(19)8-11-18-10-5-9-17-18)16(20)21-12-14-6-3-2-4-7-14/h2-7,9-10,13H,8,11-12H2,1H3. The van der Waals surface area contributed by atoms with Crippen molar-refractivity contribution in [3.05, 3.63) is 54.4 Å². The zero-order valence-corrected chi connectivity index (χ0v) is 11.9. The second kappa shape index (κ2) is 7.38. The number of nitrogens with zero attached hydrogens (tertiary/aromatic N) is 2. The van der Waals surface area contributed by atoms with Gasteiger partial charge in [0.05, 0.1) is 0 Å². The van der Waals surface area contributed by atoms with Crippen LogP contribution < -0.4 is 0 Å². The van der Waals surface area contributed by atoms with E-state index in [2.05, 4.69) is 5.10 Å². The molecule has 5 heteroatoms. The highest BCUT2D eigenvalue weighted by molar-refractivity contribution is 5.98. The van der Waals surface area contributed by atoms with E-state index in [4.69, 9.17) is 4.74 Å². The van der Waals surface area contributed by atoms with Gasteiger partial charge in [-0.05, 0) is 18.6 Å². The number of carbonyl (C=O) groups excluding carboxylic acids is 2. The molecule has 2 aromatic rings. The minimum atomic E-state index is -0.746. The Balaban J connectivity index is 1.77. The third-order valence-corrected chi connectivity index (χ3v) is 3.21. The third-order valence-electron chi connectivity index (χ3n) is 3.21. The molecule has 21 heavy (non-hydrogen) atoms. The minimum Gasteiger partial charge on any atom is -0.460 e. The summed E-state index contributed by atoms with van der Waals surface area (Å²) >= 11 is 0. The first-order valence-electron chi connectivity index (χ1n) is 6.87. The summed E-state index contributed by atoms with van der Waals surface area (Å²) in [6.45, 7) is 2.25. The molecule has 0 fully saturated rings. The Morgan fingerprint density at radius 3 is 2.67 bits per heavy atom. The molecule has 0 aliphatic rings. The van der Waals surface area contributed by atoms with Gasteiger partial charge in [0, 0.05) is 25.4 Å². The number of rotatable bonds is 7. The van der Waals surface area contributed by atoms with E-state index >= 15 is 0 Å². The van der Waals surface area contributed by atoms with Crippen LogP contribution in [0.5, 0.6) is 0 Å². The van der Waals surface area contributed by atoms with E-state index in [1.807, 2.05) is 30.3 Å². The van der Waals surface area contributed by atoms with Crippen molar-refractivity contribution >= 4 is 11.8 Å². The number of benzene rings is 1. The molecule has 0 spiro atoms. The molecule has 1 unspecified atom stereocenters. The fraction of sp³-hybridized carbons (Fsp3) is 0.312. The molecular weight excluding hydrogens is 268 g/mol. The number of Topliss-reactive ketones (excluding diaryl/α,β-unsaturated/α-hetero) is 1. The molecule has 1 aromatic heterocycles. The van der Waals surface area contributed by atoms with Crippen molar-refractivity contribution in [2.24, 2.45) is 5.92 Å². The molecule has 110 valence electrons. The van der Waals surface area contributed by atoms with Crippen LogP contribution in [-0.2, 0) is 27.5 Å². The van der Waals surface area contributed by atoms with Crippen LogP contribution in [0, 0.1) is 5.92 Å². The number of aromatic nitrogens is 2. The highest BCUT2D eigenvalue weighted by atomic mass is 16.5. The van der Waals surface area contributed by atoms with Crippen LogP contribution in [0.2, 0.25) is 0 Å². The van der Waals surface area contributed by atoms with E-state index in [0.29, 0.717) is 6.54 Å². The van der Waals surface area contributed by atoms with Gasteiger partial charge in [-0.1, -0.05) is 30.3 Å². The number of esters is 1. The fourth-order valence-corrected chi connectivity index (χ4v) is 1.86. The molecule has 0 radical (unpaired) electrons. The summed E-state index contributed by atoms with van der Waals surface area (Å²) in [4.78, 5) is 23.8. The first-order chi connectivity index (χ1) is 10.2. The first kappa shape index (κ1) is 15.0. The van der Waals surface area contributed by atoms with Crippen molar-refractivity contribution in [3.8, 4) is 0 Å². The summed E-state index contributed by atoms with van der Waals surface area (Å²) in [5.41, 5.74) is 0.905. The van der Waals surface area contributed by atoms with E-state index in [1.54, 1.807) is 30.1 Å². The molecule has 0 saturated carbocycles. The molecule has 0 aliphatic heterocycles. The molecule has 1 atom stereocenters. The Morgan fingerprint density at radius 1 is 1.24 bits per heavy atom. The van der Waals surface area contributed by atoms with Crippen LogP contribution in [0.3, 0.4) is 0 Å². The van der Waals surface area contributed by atoms with Gasteiger partial charge < -0.3 is 4.74 Å². The van der Waals surface area contributed by atoms with Crippen molar-refractivity contribution in [2.45, 2.75) is 26.5 Å². The lowest BCUT2D eigenvalue weighted by Gasteiger charge is -2.11. The van der Waals surface area contributed by atoms with Crippen molar-refractivity contribution in [1.82, 2.24) is 9.78 Å². The first-order valence-corrected chi connectivity index (χ1v) is 6.87. The Bertz CT molecular complexity index is 579. The maximum atomic E-state index is 11.9. The summed E-state index contributed by atoms with van der Waals surface area (Å²) in [5.74, 6) is -1.36. The van der Waals surface area contributed by atoms with Crippen molar-refractivity contribution in [1.29, 1.82) is 0 Å². The van der Waals surface area contributed by atoms with Crippen LogP contribution in [0.15, 0.2) is 48.8 Å². The second-order valence-corrected chi connectivity index (χ2v) is 4.80. The summed E-state index contributed by atoms with van der Waals surface area (Å²) in [5, 5.41) is 4.02. The topological polar surface area (TPSA) is 61.2 Å². The third kappa shape index (κ3) is 4.56. The van der Waals surface area contributed by atoms with Gasteiger partial charge in [0.15, 0.2) is 0 Å². The van der Waals surface area contributed by atoms with Gasteiger partial charge in [-0.25, -0.2) is 0 Å². The van der Waals surface area contributed by atoms with Crippen LogP contribution in [-0.4, -0.2) is 21.5 Å². The van der Waals surface area contributed by atoms with Crippen LogP contribution in [0.1, 0.15) is 18.9 Å². The number of aryl methyl sites for hydroxylation is 1. The summed E-state index contributed by atoms with van der Waals surface area (Å²) in [6.07, 6.45) is 3.71. The Kier molecular flexibility index (Phi) is 5.26. The lowest BCUT2D eigenvalue weighted by atomic mass is 10.0. The van der Waals surface area contributed by atoms with Gasteiger partial charge in [0.1, 0.15) is 18.3 Å². The van der Waals surface area contributed by atoms with Crippen molar-refractivity contribution in [2.75, 3.05) is 0 Å². The average molecular weight is 286 g/mol. The van der Waals surface area contributed by atoms with E-state index in [-0.39, 0.29) is 18.8 Å². The van der Waals surface area contributed by atoms with E-state index < -0.39 is 11.9 Å². The predicted molar refractivity (Wildman–Crippen MR) is 77.3 cm³/mol. The predicted octanol–water partition coefficient (Wildman–Crippen LogP) is 2.22. The molecule has 0 amide bonds. The molecule has 1 heterocycles. The van der Waals surface area contributed by atoms with Crippen LogP contribution in [0.4, 0.5) is 0 Å². The Morgan fingerprint density at radius 2 is 2.00 bits per heavy atom. The summed E-state index contributed by atoms with van der Waals surface area (Å²) < 4.78 is 6.83. The van der Waals surface area contributed by atoms with Gasteiger partial charge in [0.25, 0.3) is 0 Å². The number of carbonyl (C=O) groups is 2. The second-order valence-electron chi connectivity index (χ2n) is 4.80. The molecule has 1 aromatic carbocycles. The number of hydrogen-bond acceptors (Lipinski definition) is 4. The molecular formula is C16H18N2O3. The van der Waals surface area contributed by atoms with E-state index in [0.717, 1.165) is 5.56 Å². The summed E-state index contributed by atoms with van der Waals surface area (Å²) in [6, 6.07) is 11.2. The van der Waals surface area contributed by atoms with E-state index in [9.17, 15) is 9.59 Å². The van der Waals surface area contributed by atoms with Crippen LogP contribution in [0.25, 0.3) is 0 Å². The molecule has 0 bridgehead atoms. The zero-order valence-electron chi connectivity index (χ0n) is 11.9. The van der Waals surface area contributed by atoms with E-state index in [1.165, 1.54) is 0 Å². The van der Waals surface area contributed by atoms with Gasteiger partial charge in [-0.15, -0.1) is 0 Å². The number of hydrogen-bond donors (Lipinski definition) is 0. The lowest BCUT2D eigenvalue weighted by Crippen LogP contribution is -2.24. The smallest absolute Gasteiger partial charge is 0.316 e. The molecule has 0 N–H and O–H groups in total. The summed E-state index contributed by atoms with van der Waals surface area (Å²) in [7, 11) is 0. The van der Waals surface area contributed by atoms with Crippen molar-refractivity contribution in [3.63, 3.8) is 0 Å². The minimum absolute atomic E-state index is 0.136. The maximum Gasteiger partial charge on any atom is 0.316 e. The molecule has 2 rings (SSSR count). The average Bonchev–Trinajstić information content (AvgIpc) is 3.04. The van der Waals surface area contributed by atoms with Gasteiger partial charge in [-0.3, -0.25) is 14.3 Å². The van der Waals surface area contributed by atoms with Gasteiger partial charge >= 0.3 is 5.97 Å². The highest BCUT2D eigenvalue weighted by Crippen LogP contribution is 2.08. The number of ether oxygens (including phenoxy) is 1. The largest absolute Gasteiger partial charge is 0.460 e. The SMILES string of the molecule is CC(C(=O)CCn1cccn1)C(=O)OCc1ccccc1. The Labute approximate surface area is 123 Å². The fourth-order valence-electron chi connectivity index (χ4n) is 1.86. The van der Waals surface area contributed by atoms with Crippen LogP contribution >= 0.6 is 0 Å². The quantitative estimate of drug-likeness (QED) is 0.578. The number of ketones is 1. The maximum absolute atomic E-state index is 11.9. The molecule has 0 saturated heterocycles. The molecule has 0 aliphatic carbocycles.